The van der Waals surface area contributed by atoms with E-state index in [1.54, 1.807) is 11.8 Å². The quantitative estimate of drug-likeness (QED) is 0.832. The first-order valence-electron chi connectivity index (χ1n) is 4.41. The lowest BCUT2D eigenvalue weighted by atomic mass is 10.1. The monoisotopic (exact) mass is 261 g/mol. The van der Waals surface area contributed by atoms with E-state index in [2.05, 4.69) is 9.98 Å². The van der Waals surface area contributed by atoms with Gasteiger partial charge < -0.3 is 5.73 Å². The van der Waals surface area contributed by atoms with Crippen LogP contribution in [0.1, 0.15) is 5.56 Å². The molecule has 0 fully saturated rings. The first kappa shape index (κ1) is 11.0. The molecular formula is C9H9Cl2N3S. The second-order valence-corrected chi connectivity index (χ2v) is 5.07. The number of nitrogens with zero attached hydrogens (tertiary/aromatic N) is 2. The van der Waals surface area contributed by atoms with Gasteiger partial charge in [-0.05, 0) is 24.1 Å². The van der Waals surface area contributed by atoms with Gasteiger partial charge in [0.25, 0.3) is 0 Å². The molecule has 1 aliphatic rings. The van der Waals surface area contributed by atoms with E-state index in [-0.39, 0.29) is 6.04 Å². The van der Waals surface area contributed by atoms with E-state index < -0.39 is 0 Å². The number of hydrogen-bond acceptors (Lipinski definition) is 4. The number of pyridine rings is 1. The standard InChI is InChI=1S/C9H9Cl2N3S/c10-7-2-5(3-8(11)14-7)1-6-4-15-9(12)13-6/h2-3,6H,1,4H2,(H2,12,13). The van der Waals surface area contributed by atoms with Crippen LogP contribution in [0.5, 0.6) is 0 Å². The topological polar surface area (TPSA) is 51.3 Å². The lowest BCUT2D eigenvalue weighted by Crippen LogP contribution is -2.08. The molecule has 0 spiro atoms. The van der Waals surface area contributed by atoms with Gasteiger partial charge in [-0.3, -0.25) is 4.99 Å². The predicted octanol–water partition coefficient (Wildman–Crippen LogP) is 2.36. The van der Waals surface area contributed by atoms with Crippen molar-refractivity contribution in [3.8, 4) is 0 Å². The van der Waals surface area contributed by atoms with Crippen molar-refractivity contribution in [2.24, 2.45) is 10.7 Å². The van der Waals surface area contributed by atoms with Gasteiger partial charge in [-0.1, -0.05) is 35.0 Å². The summed E-state index contributed by atoms with van der Waals surface area (Å²) >= 11 is 13.2. The second-order valence-electron chi connectivity index (χ2n) is 3.26. The van der Waals surface area contributed by atoms with Crippen molar-refractivity contribution in [2.45, 2.75) is 12.5 Å². The van der Waals surface area contributed by atoms with Crippen molar-refractivity contribution < 1.29 is 0 Å². The molecule has 15 heavy (non-hydrogen) atoms. The van der Waals surface area contributed by atoms with Gasteiger partial charge in [0, 0.05) is 5.75 Å². The molecule has 1 unspecified atom stereocenters. The summed E-state index contributed by atoms with van der Waals surface area (Å²) in [6.45, 7) is 0. The lowest BCUT2D eigenvalue weighted by Gasteiger charge is -2.06. The lowest BCUT2D eigenvalue weighted by molar-refractivity contribution is 0.761. The number of aromatic nitrogens is 1. The normalized spacial score (nSPS) is 20.4. The fourth-order valence-corrected chi connectivity index (χ4v) is 2.73. The van der Waals surface area contributed by atoms with E-state index in [0.29, 0.717) is 15.5 Å². The Morgan fingerprint density at radius 2 is 2.07 bits per heavy atom. The molecule has 0 bridgehead atoms. The number of hydrogen-bond donors (Lipinski definition) is 1. The molecule has 1 atom stereocenters. The van der Waals surface area contributed by atoms with Gasteiger partial charge in [0.15, 0.2) is 5.17 Å². The van der Waals surface area contributed by atoms with Gasteiger partial charge in [-0.15, -0.1) is 0 Å². The molecule has 0 saturated heterocycles. The third-order valence-electron chi connectivity index (χ3n) is 2.03. The Kier molecular flexibility index (Phi) is 3.38. The van der Waals surface area contributed by atoms with Crippen molar-refractivity contribution in [2.75, 3.05) is 5.75 Å². The first-order valence-corrected chi connectivity index (χ1v) is 6.15. The Morgan fingerprint density at radius 1 is 1.40 bits per heavy atom. The van der Waals surface area contributed by atoms with Crippen LogP contribution in [-0.2, 0) is 6.42 Å². The summed E-state index contributed by atoms with van der Waals surface area (Å²) in [6, 6.07) is 3.84. The molecule has 0 saturated carbocycles. The highest BCUT2D eigenvalue weighted by Crippen LogP contribution is 2.21. The van der Waals surface area contributed by atoms with Crippen LogP contribution in [0.25, 0.3) is 0 Å². The molecule has 0 amide bonds. The maximum Gasteiger partial charge on any atom is 0.154 e. The van der Waals surface area contributed by atoms with Crippen molar-refractivity contribution in [3.63, 3.8) is 0 Å². The molecule has 1 aromatic heterocycles. The van der Waals surface area contributed by atoms with E-state index in [4.69, 9.17) is 28.9 Å². The van der Waals surface area contributed by atoms with Crippen molar-refractivity contribution in [3.05, 3.63) is 28.0 Å². The third kappa shape index (κ3) is 3.00. The smallest absolute Gasteiger partial charge is 0.154 e. The zero-order valence-corrected chi connectivity index (χ0v) is 10.1. The Morgan fingerprint density at radius 3 is 2.60 bits per heavy atom. The van der Waals surface area contributed by atoms with Crippen molar-refractivity contribution in [1.29, 1.82) is 0 Å². The van der Waals surface area contributed by atoms with Gasteiger partial charge in [-0.2, -0.15) is 0 Å². The third-order valence-corrected chi connectivity index (χ3v) is 3.37. The van der Waals surface area contributed by atoms with E-state index in [0.717, 1.165) is 17.7 Å². The number of rotatable bonds is 2. The van der Waals surface area contributed by atoms with E-state index in [1.807, 2.05) is 12.1 Å². The molecule has 6 heteroatoms. The van der Waals surface area contributed by atoms with E-state index in [9.17, 15) is 0 Å². The van der Waals surface area contributed by atoms with Crippen LogP contribution in [0, 0.1) is 0 Å². The summed E-state index contributed by atoms with van der Waals surface area (Å²) in [7, 11) is 0. The Balaban J connectivity index is 2.11. The Hall–Kier alpha value is -0.450. The maximum absolute atomic E-state index is 5.80. The minimum absolute atomic E-state index is 0.226. The highest BCUT2D eigenvalue weighted by Gasteiger charge is 2.16. The average Bonchev–Trinajstić information content (AvgIpc) is 2.49. The number of halogens is 2. The van der Waals surface area contributed by atoms with Gasteiger partial charge in [0.1, 0.15) is 10.3 Å². The molecule has 1 aliphatic heterocycles. The molecule has 0 radical (unpaired) electrons. The molecular weight excluding hydrogens is 253 g/mol. The summed E-state index contributed by atoms with van der Waals surface area (Å²) in [4.78, 5) is 8.18. The van der Waals surface area contributed by atoms with Crippen LogP contribution < -0.4 is 5.73 Å². The summed E-state index contributed by atoms with van der Waals surface area (Å²) in [6.07, 6.45) is 0.801. The average molecular weight is 262 g/mol. The molecule has 0 aliphatic carbocycles. The minimum atomic E-state index is 0.226. The van der Waals surface area contributed by atoms with Gasteiger partial charge in [0.05, 0.1) is 6.04 Å². The largest absolute Gasteiger partial charge is 0.379 e. The van der Waals surface area contributed by atoms with Crippen LogP contribution >= 0.6 is 35.0 Å². The number of nitrogens with two attached hydrogens (primary N) is 1. The number of aliphatic imine (C=N–C) groups is 1. The predicted molar refractivity (Wildman–Crippen MR) is 65.8 cm³/mol. The highest BCUT2D eigenvalue weighted by atomic mass is 35.5. The highest BCUT2D eigenvalue weighted by molar-refractivity contribution is 8.14. The first-order chi connectivity index (χ1) is 7.13. The van der Waals surface area contributed by atoms with Crippen LogP contribution in [-0.4, -0.2) is 21.9 Å². The Labute approximate surface area is 102 Å². The number of amidine groups is 1. The summed E-state index contributed by atoms with van der Waals surface area (Å²) < 4.78 is 0. The molecule has 2 rings (SSSR count). The van der Waals surface area contributed by atoms with Crippen LogP contribution in [0.2, 0.25) is 10.3 Å². The van der Waals surface area contributed by atoms with Crippen LogP contribution in [0.4, 0.5) is 0 Å². The van der Waals surface area contributed by atoms with E-state index in [1.165, 1.54) is 0 Å². The fourth-order valence-electron chi connectivity index (χ4n) is 1.44. The molecule has 2 N–H and O–H groups in total. The van der Waals surface area contributed by atoms with Gasteiger partial charge >= 0.3 is 0 Å². The summed E-state index contributed by atoms with van der Waals surface area (Å²) in [5, 5.41) is 1.49. The summed E-state index contributed by atoms with van der Waals surface area (Å²) in [5.74, 6) is 0.920. The maximum atomic E-state index is 5.80. The molecule has 3 nitrogen and oxygen atoms in total. The zero-order chi connectivity index (χ0) is 10.8. The zero-order valence-electron chi connectivity index (χ0n) is 7.78. The van der Waals surface area contributed by atoms with E-state index >= 15 is 0 Å². The molecule has 2 heterocycles. The minimum Gasteiger partial charge on any atom is -0.379 e. The fraction of sp³-hybridized carbons (Fsp3) is 0.333. The van der Waals surface area contributed by atoms with Gasteiger partial charge in [-0.25, -0.2) is 4.98 Å². The Bertz CT molecular complexity index is 388. The molecule has 80 valence electrons. The SMILES string of the molecule is NC1=NC(Cc2cc(Cl)nc(Cl)c2)CS1. The van der Waals surface area contributed by atoms with Gasteiger partial charge in [0.2, 0.25) is 0 Å². The molecule has 1 aromatic rings. The van der Waals surface area contributed by atoms with Crippen LogP contribution in [0.15, 0.2) is 17.1 Å². The second kappa shape index (κ2) is 4.60. The number of thioether (sulfide) groups is 1. The van der Waals surface area contributed by atoms with Crippen molar-refractivity contribution >= 4 is 40.1 Å². The summed E-state index contributed by atoms with van der Waals surface area (Å²) in [5.41, 5.74) is 6.63. The molecule has 0 aromatic carbocycles. The van der Waals surface area contributed by atoms with Crippen LogP contribution in [0.3, 0.4) is 0 Å². The van der Waals surface area contributed by atoms with Crippen molar-refractivity contribution in [1.82, 2.24) is 4.98 Å².